The van der Waals surface area contributed by atoms with Crippen LogP contribution in [0.4, 0.5) is 0 Å². The maximum atomic E-state index is 11.3. The van der Waals surface area contributed by atoms with Gasteiger partial charge in [-0.2, -0.15) is 0 Å². The van der Waals surface area contributed by atoms with E-state index in [0.717, 1.165) is 21.5 Å². The molecule has 5 heteroatoms. The number of nitrogens with one attached hydrogen (secondary N) is 1. The number of aromatic nitrogens is 2. The van der Waals surface area contributed by atoms with Gasteiger partial charge in [-0.3, -0.25) is 9.78 Å². The molecule has 0 radical (unpaired) electrons. The lowest BCUT2D eigenvalue weighted by atomic mass is 10.1. The summed E-state index contributed by atoms with van der Waals surface area (Å²) in [6, 6.07) is 5.65. The fourth-order valence-electron chi connectivity index (χ4n) is 1.78. The number of aromatic amines is 1. The number of primary amides is 1. The first-order chi connectivity index (χ1) is 8.25. The smallest absolute Gasteiger partial charge is 0.250 e. The number of amides is 1. The topological polar surface area (TPSA) is 71.8 Å². The lowest BCUT2D eigenvalue weighted by Gasteiger charge is -2.00. The Kier molecular flexibility index (Phi) is 2.19. The van der Waals surface area contributed by atoms with Gasteiger partial charge in [0.25, 0.3) is 0 Å². The Labute approximate surface area is 101 Å². The quantitative estimate of drug-likeness (QED) is 0.725. The van der Waals surface area contributed by atoms with Gasteiger partial charge in [-0.15, -0.1) is 11.3 Å². The number of carbonyl (C=O) groups is 1. The predicted octanol–water partition coefficient (Wildman–Crippen LogP) is 2.39. The molecule has 3 heterocycles. The van der Waals surface area contributed by atoms with Crippen LogP contribution in [0.25, 0.3) is 21.5 Å². The Hall–Kier alpha value is -2.14. The number of H-pyrrole nitrogens is 1. The number of hydrogen-bond donors (Lipinski definition) is 2. The van der Waals surface area contributed by atoms with Crippen molar-refractivity contribution in [1.29, 1.82) is 0 Å². The number of nitrogens with zero attached hydrogens (tertiary/aromatic N) is 1. The first-order valence-corrected chi connectivity index (χ1v) is 5.94. The van der Waals surface area contributed by atoms with E-state index in [9.17, 15) is 4.79 Å². The van der Waals surface area contributed by atoms with Crippen LogP contribution in [0.5, 0.6) is 0 Å². The van der Waals surface area contributed by atoms with Gasteiger partial charge in [0, 0.05) is 11.6 Å². The van der Waals surface area contributed by atoms with Crippen LogP contribution >= 0.6 is 11.3 Å². The monoisotopic (exact) mass is 243 g/mol. The highest BCUT2D eigenvalue weighted by Gasteiger charge is 2.12. The standard InChI is InChI=1S/C12H9N3OS/c13-12(16)8-2-4-17-11(8)9-5-7-1-3-14-10(7)6-15-9/h1-6,14H,(H2,13,16). The second kappa shape index (κ2) is 3.71. The molecule has 0 aliphatic carbocycles. The van der Waals surface area contributed by atoms with Crippen LogP contribution in [-0.2, 0) is 0 Å². The van der Waals surface area contributed by atoms with Crippen molar-refractivity contribution in [3.8, 4) is 10.6 Å². The number of nitrogens with two attached hydrogens (primary N) is 1. The third kappa shape index (κ3) is 1.60. The van der Waals surface area contributed by atoms with Crippen molar-refractivity contribution in [3.63, 3.8) is 0 Å². The maximum Gasteiger partial charge on any atom is 0.250 e. The highest BCUT2D eigenvalue weighted by atomic mass is 32.1. The average molecular weight is 243 g/mol. The van der Waals surface area contributed by atoms with Gasteiger partial charge in [-0.05, 0) is 23.6 Å². The third-order valence-electron chi connectivity index (χ3n) is 2.60. The van der Waals surface area contributed by atoms with E-state index in [1.165, 1.54) is 11.3 Å². The van der Waals surface area contributed by atoms with Crippen LogP contribution in [0.15, 0.2) is 36.0 Å². The number of thiophene rings is 1. The molecule has 0 saturated heterocycles. The number of pyridine rings is 1. The molecule has 0 fully saturated rings. The van der Waals surface area contributed by atoms with E-state index in [1.807, 2.05) is 23.7 Å². The number of hydrogen-bond acceptors (Lipinski definition) is 3. The van der Waals surface area contributed by atoms with E-state index >= 15 is 0 Å². The van der Waals surface area contributed by atoms with E-state index in [0.29, 0.717) is 5.56 Å². The van der Waals surface area contributed by atoms with E-state index in [1.54, 1.807) is 12.3 Å². The molecule has 17 heavy (non-hydrogen) atoms. The van der Waals surface area contributed by atoms with Gasteiger partial charge in [0.2, 0.25) is 5.91 Å². The van der Waals surface area contributed by atoms with Gasteiger partial charge < -0.3 is 10.7 Å². The van der Waals surface area contributed by atoms with E-state index in [4.69, 9.17) is 5.73 Å². The lowest BCUT2D eigenvalue weighted by Crippen LogP contribution is -2.10. The van der Waals surface area contributed by atoms with E-state index < -0.39 is 5.91 Å². The summed E-state index contributed by atoms with van der Waals surface area (Å²) in [6.45, 7) is 0. The van der Waals surface area contributed by atoms with Crippen molar-refractivity contribution in [2.24, 2.45) is 5.73 Å². The fourth-order valence-corrected chi connectivity index (χ4v) is 2.64. The molecule has 3 N–H and O–H groups in total. The molecule has 0 spiro atoms. The van der Waals surface area contributed by atoms with Gasteiger partial charge in [0.05, 0.1) is 27.8 Å². The summed E-state index contributed by atoms with van der Waals surface area (Å²) in [7, 11) is 0. The molecule has 84 valence electrons. The number of fused-ring (bicyclic) bond motifs is 1. The van der Waals surface area contributed by atoms with Crippen LogP contribution in [0.3, 0.4) is 0 Å². The highest BCUT2D eigenvalue weighted by Crippen LogP contribution is 2.29. The molecule has 3 aromatic heterocycles. The largest absolute Gasteiger partial charge is 0.366 e. The van der Waals surface area contributed by atoms with Crippen molar-refractivity contribution >= 4 is 28.1 Å². The summed E-state index contributed by atoms with van der Waals surface area (Å²) in [5.41, 5.74) is 7.60. The second-order valence-corrected chi connectivity index (χ2v) is 4.58. The minimum atomic E-state index is -0.419. The highest BCUT2D eigenvalue weighted by molar-refractivity contribution is 7.14. The van der Waals surface area contributed by atoms with E-state index in [2.05, 4.69) is 9.97 Å². The third-order valence-corrected chi connectivity index (χ3v) is 3.54. The fraction of sp³-hybridized carbons (Fsp3) is 0. The van der Waals surface area contributed by atoms with E-state index in [-0.39, 0.29) is 0 Å². The summed E-state index contributed by atoms with van der Waals surface area (Å²) in [5, 5.41) is 2.91. The Morgan fingerprint density at radius 2 is 2.29 bits per heavy atom. The van der Waals surface area contributed by atoms with Gasteiger partial charge in [-0.1, -0.05) is 0 Å². The molecule has 3 aromatic rings. The molecule has 4 nitrogen and oxygen atoms in total. The summed E-state index contributed by atoms with van der Waals surface area (Å²) in [6.07, 6.45) is 3.62. The molecule has 0 atom stereocenters. The van der Waals surface area contributed by atoms with Crippen LogP contribution in [0.2, 0.25) is 0 Å². The zero-order valence-electron chi connectivity index (χ0n) is 8.81. The molecule has 0 aromatic carbocycles. The van der Waals surface area contributed by atoms with Gasteiger partial charge in [-0.25, -0.2) is 0 Å². The summed E-state index contributed by atoms with van der Waals surface area (Å²) in [5.74, 6) is -0.419. The first kappa shape index (κ1) is 10.0. The normalized spacial score (nSPS) is 10.8. The van der Waals surface area contributed by atoms with Crippen LogP contribution in [0.1, 0.15) is 10.4 Å². The van der Waals surface area contributed by atoms with Crippen LogP contribution < -0.4 is 5.73 Å². The molecular weight excluding hydrogens is 234 g/mol. The van der Waals surface area contributed by atoms with Crippen molar-refractivity contribution in [2.75, 3.05) is 0 Å². The molecule has 3 rings (SSSR count). The van der Waals surface area contributed by atoms with Crippen LogP contribution in [0, 0.1) is 0 Å². The molecule has 1 amide bonds. The second-order valence-electron chi connectivity index (χ2n) is 3.66. The van der Waals surface area contributed by atoms with Crippen molar-refractivity contribution in [2.45, 2.75) is 0 Å². The molecular formula is C12H9N3OS. The van der Waals surface area contributed by atoms with Gasteiger partial charge in [0.15, 0.2) is 0 Å². The molecule has 0 aliphatic heterocycles. The Bertz CT molecular complexity index is 698. The SMILES string of the molecule is NC(=O)c1ccsc1-c1cc2cc[nH]c2cn1. The lowest BCUT2D eigenvalue weighted by molar-refractivity contribution is 0.100. The molecule has 0 aliphatic rings. The van der Waals surface area contributed by atoms with Gasteiger partial charge in [0.1, 0.15) is 0 Å². The van der Waals surface area contributed by atoms with Crippen molar-refractivity contribution < 1.29 is 4.79 Å². The zero-order valence-corrected chi connectivity index (χ0v) is 9.62. The molecule has 0 unspecified atom stereocenters. The van der Waals surface area contributed by atoms with Crippen molar-refractivity contribution in [1.82, 2.24) is 9.97 Å². The Balaban J connectivity index is 2.19. The zero-order chi connectivity index (χ0) is 11.8. The Morgan fingerprint density at radius 1 is 1.41 bits per heavy atom. The minimum Gasteiger partial charge on any atom is -0.366 e. The summed E-state index contributed by atoms with van der Waals surface area (Å²) in [4.78, 5) is 19.5. The van der Waals surface area contributed by atoms with Crippen molar-refractivity contribution in [3.05, 3.63) is 41.5 Å². The molecule has 0 saturated carbocycles. The van der Waals surface area contributed by atoms with Crippen LogP contribution in [-0.4, -0.2) is 15.9 Å². The Morgan fingerprint density at radius 3 is 3.12 bits per heavy atom. The number of carbonyl (C=O) groups excluding carboxylic acids is 1. The summed E-state index contributed by atoms with van der Waals surface area (Å²) >= 11 is 1.47. The van der Waals surface area contributed by atoms with Gasteiger partial charge >= 0.3 is 0 Å². The first-order valence-electron chi connectivity index (χ1n) is 5.06. The number of rotatable bonds is 2. The predicted molar refractivity (Wildman–Crippen MR) is 67.9 cm³/mol. The summed E-state index contributed by atoms with van der Waals surface area (Å²) < 4.78 is 0. The minimum absolute atomic E-state index is 0.419. The molecule has 0 bridgehead atoms. The average Bonchev–Trinajstić information content (AvgIpc) is 2.96. The maximum absolute atomic E-state index is 11.3.